The van der Waals surface area contributed by atoms with Gasteiger partial charge in [0.2, 0.25) is 0 Å². The van der Waals surface area contributed by atoms with Crippen molar-refractivity contribution < 1.29 is 0 Å². The second kappa shape index (κ2) is 4.19. The first-order valence-corrected chi connectivity index (χ1v) is 3.20. The Hall–Kier alpha value is -0.720. The molecule has 0 aliphatic heterocycles. The molecule has 52 valence electrons. The van der Waals surface area contributed by atoms with E-state index in [0.717, 1.165) is 0 Å². The number of hydrogen-bond donors (Lipinski definition) is 1. The topological polar surface area (TPSA) is 12.0 Å². The van der Waals surface area contributed by atoms with Crippen LogP contribution < -0.4 is 5.32 Å². The van der Waals surface area contributed by atoms with E-state index < -0.39 is 0 Å². The number of hydrogen-bond acceptors (Lipinski definition) is 1. The summed E-state index contributed by atoms with van der Waals surface area (Å²) in [7, 11) is 1.93. The van der Waals surface area contributed by atoms with Crippen LogP contribution in [-0.4, -0.2) is 7.05 Å². The van der Waals surface area contributed by atoms with Crippen LogP contribution in [-0.2, 0) is 0 Å². The molecular weight excluding hydrogens is 110 g/mol. The zero-order valence-electron chi connectivity index (χ0n) is 6.65. The van der Waals surface area contributed by atoms with Gasteiger partial charge in [0, 0.05) is 12.7 Å². The lowest BCUT2D eigenvalue weighted by Crippen LogP contribution is -2.03. The second-order valence-corrected chi connectivity index (χ2v) is 2.06. The standard InChI is InChI=1S/C8H15N/c1-5-6-7(2)8(3)9-4/h5-6,9H,1-4H3/b6-5+,8-7-. The third-order valence-corrected chi connectivity index (χ3v) is 1.38. The number of allylic oxidation sites excluding steroid dienone is 4. The van der Waals surface area contributed by atoms with Crippen LogP contribution in [0.2, 0.25) is 0 Å². The quantitative estimate of drug-likeness (QED) is 0.557. The maximum absolute atomic E-state index is 3.08. The predicted molar refractivity (Wildman–Crippen MR) is 42.2 cm³/mol. The molecule has 0 spiro atoms. The number of rotatable bonds is 2. The third-order valence-electron chi connectivity index (χ3n) is 1.38. The van der Waals surface area contributed by atoms with Gasteiger partial charge in [-0.2, -0.15) is 0 Å². The summed E-state index contributed by atoms with van der Waals surface area (Å²) >= 11 is 0. The first-order chi connectivity index (χ1) is 4.22. The van der Waals surface area contributed by atoms with E-state index in [-0.39, 0.29) is 0 Å². The average molecular weight is 125 g/mol. The summed E-state index contributed by atoms with van der Waals surface area (Å²) in [6.45, 7) is 6.17. The van der Waals surface area contributed by atoms with E-state index in [9.17, 15) is 0 Å². The fourth-order valence-electron chi connectivity index (χ4n) is 0.572. The first kappa shape index (κ1) is 8.28. The van der Waals surface area contributed by atoms with E-state index in [0.29, 0.717) is 0 Å². The highest BCUT2D eigenvalue weighted by Crippen LogP contribution is 1.99. The van der Waals surface area contributed by atoms with Crippen molar-refractivity contribution in [2.75, 3.05) is 7.05 Å². The summed E-state index contributed by atoms with van der Waals surface area (Å²) in [5.74, 6) is 0. The Kier molecular flexibility index (Phi) is 3.85. The molecule has 0 unspecified atom stereocenters. The Labute approximate surface area is 57.5 Å². The van der Waals surface area contributed by atoms with Crippen molar-refractivity contribution in [1.82, 2.24) is 5.32 Å². The molecule has 0 aliphatic rings. The first-order valence-electron chi connectivity index (χ1n) is 3.20. The zero-order valence-corrected chi connectivity index (χ0v) is 6.65. The van der Waals surface area contributed by atoms with E-state index in [1.54, 1.807) is 0 Å². The van der Waals surface area contributed by atoms with Crippen LogP contribution in [0.4, 0.5) is 0 Å². The van der Waals surface area contributed by atoms with Crippen LogP contribution in [0.15, 0.2) is 23.4 Å². The predicted octanol–water partition coefficient (Wildman–Crippen LogP) is 2.08. The number of nitrogens with one attached hydrogen (secondary N) is 1. The van der Waals surface area contributed by atoms with Crippen LogP contribution in [0.3, 0.4) is 0 Å². The van der Waals surface area contributed by atoms with Crippen molar-refractivity contribution >= 4 is 0 Å². The monoisotopic (exact) mass is 125 g/mol. The van der Waals surface area contributed by atoms with Gasteiger partial charge in [0.25, 0.3) is 0 Å². The molecule has 0 aromatic heterocycles. The van der Waals surface area contributed by atoms with Gasteiger partial charge in [0.05, 0.1) is 0 Å². The molecule has 0 radical (unpaired) electrons. The van der Waals surface area contributed by atoms with Crippen LogP contribution >= 0.6 is 0 Å². The van der Waals surface area contributed by atoms with Crippen molar-refractivity contribution in [3.63, 3.8) is 0 Å². The van der Waals surface area contributed by atoms with Crippen molar-refractivity contribution in [2.24, 2.45) is 0 Å². The van der Waals surface area contributed by atoms with Crippen molar-refractivity contribution in [3.8, 4) is 0 Å². The van der Waals surface area contributed by atoms with Gasteiger partial charge >= 0.3 is 0 Å². The average Bonchev–Trinajstić information content (AvgIpc) is 1.87. The van der Waals surface area contributed by atoms with Gasteiger partial charge in [-0.3, -0.25) is 0 Å². The van der Waals surface area contributed by atoms with E-state index in [1.807, 2.05) is 20.0 Å². The van der Waals surface area contributed by atoms with E-state index in [4.69, 9.17) is 0 Å². The van der Waals surface area contributed by atoms with Gasteiger partial charge in [-0.1, -0.05) is 12.2 Å². The van der Waals surface area contributed by atoms with Crippen molar-refractivity contribution in [2.45, 2.75) is 20.8 Å². The molecule has 1 N–H and O–H groups in total. The Morgan fingerprint density at radius 3 is 2.22 bits per heavy atom. The third kappa shape index (κ3) is 2.96. The van der Waals surface area contributed by atoms with Gasteiger partial charge in [-0.05, 0) is 26.3 Å². The summed E-state index contributed by atoms with van der Waals surface area (Å²) in [5.41, 5.74) is 2.52. The molecule has 0 atom stereocenters. The molecule has 0 amide bonds. The zero-order chi connectivity index (χ0) is 7.28. The van der Waals surface area contributed by atoms with Gasteiger partial charge in [-0.15, -0.1) is 0 Å². The molecular formula is C8H15N. The minimum absolute atomic E-state index is 1.23. The minimum Gasteiger partial charge on any atom is -0.391 e. The highest BCUT2D eigenvalue weighted by molar-refractivity contribution is 5.20. The molecule has 1 nitrogen and oxygen atoms in total. The van der Waals surface area contributed by atoms with E-state index in [1.165, 1.54) is 11.3 Å². The van der Waals surface area contributed by atoms with Gasteiger partial charge in [0.15, 0.2) is 0 Å². The Morgan fingerprint density at radius 2 is 1.89 bits per heavy atom. The summed E-state index contributed by atoms with van der Waals surface area (Å²) in [6, 6.07) is 0. The SMILES string of the molecule is C/C=C/C(C)=C(/C)NC. The summed E-state index contributed by atoms with van der Waals surface area (Å²) in [5, 5.41) is 3.08. The van der Waals surface area contributed by atoms with Crippen LogP contribution in [0.5, 0.6) is 0 Å². The molecule has 1 heteroatoms. The van der Waals surface area contributed by atoms with E-state index >= 15 is 0 Å². The molecule has 0 fully saturated rings. The molecule has 0 bridgehead atoms. The minimum atomic E-state index is 1.23. The maximum Gasteiger partial charge on any atom is 0.0102 e. The molecule has 0 saturated carbocycles. The molecule has 0 heterocycles. The Morgan fingerprint density at radius 1 is 1.33 bits per heavy atom. The highest BCUT2D eigenvalue weighted by Gasteiger charge is 1.85. The van der Waals surface area contributed by atoms with Gasteiger partial charge in [0.1, 0.15) is 0 Å². The molecule has 0 aliphatic carbocycles. The smallest absolute Gasteiger partial charge is 0.0102 e. The fourth-order valence-corrected chi connectivity index (χ4v) is 0.572. The second-order valence-electron chi connectivity index (χ2n) is 2.06. The summed E-state index contributed by atoms with van der Waals surface area (Å²) < 4.78 is 0. The van der Waals surface area contributed by atoms with E-state index in [2.05, 4.69) is 25.2 Å². The molecule has 0 saturated heterocycles. The summed E-state index contributed by atoms with van der Waals surface area (Å²) in [4.78, 5) is 0. The lowest BCUT2D eigenvalue weighted by Gasteiger charge is -2.00. The molecule has 0 aromatic carbocycles. The Bertz CT molecular complexity index is 132. The lowest BCUT2D eigenvalue weighted by atomic mass is 10.2. The van der Waals surface area contributed by atoms with Crippen LogP contribution in [0, 0.1) is 0 Å². The highest BCUT2D eigenvalue weighted by atomic mass is 14.8. The molecule has 0 aromatic rings. The van der Waals surface area contributed by atoms with Gasteiger partial charge in [-0.25, -0.2) is 0 Å². The Balaban J connectivity index is 4.10. The van der Waals surface area contributed by atoms with Crippen LogP contribution in [0.1, 0.15) is 20.8 Å². The summed E-state index contributed by atoms with van der Waals surface area (Å²) in [6.07, 6.45) is 4.13. The molecule has 9 heavy (non-hydrogen) atoms. The van der Waals surface area contributed by atoms with Crippen molar-refractivity contribution in [3.05, 3.63) is 23.4 Å². The largest absolute Gasteiger partial charge is 0.391 e. The van der Waals surface area contributed by atoms with Crippen molar-refractivity contribution in [1.29, 1.82) is 0 Å². The normalized spacial score (nSPS) is 13.8. The maximum atomic E-state index is 3.08. The lowest BCUT2D eigenvalue weighted by molar-refractivity contribution is 0.969. The van der Waals surface area contributed by atoms with Gasteiger partial charge < -0.3 is 5.32 Å². The fraction of sp³-hybridized carbons (Fsp3) is 0.500. The molecule has 0 rings (SSSR count). The van der Waals surface area contributed by atoms with Crippen LogP contribution in [0.25, 0.3) is 0 Å².